The lowest BCUT2D eigenvalue weighted by molar-refractivity contribution is -0.119. The molecule has 3 rings (SSSR count). The summed E-state index contributed by atoms with van der Waals surface area (Å²) in [6.07, 6.45) is 3.59. The molecule has 1 aliphatic carbocycles. The Hall–Kier alpha value is -2.44. The summed E-state index contributed by atoms with van der Waals surface area (Å²) in [4.78, 5) is 26.1. The van der Waals surface area contributed by atoms with Gasteiger partial charge < -0.3 is 16.0 Å². The highest BCUT2D eigenvalue weighted by molar-refractivity contribution is 5.90. The molecule has 1 saturated carbocycles. The molecule has 20 heavy (non-hydrogen) atoms. The van der Waals surface area contributed by atoms with Crippen LogP contribution < -0.4 is 16.0 Å². The predicted molar refractivity (Wildman–Crippen MR) is 76.2 cm³/mol. The zero-order valence-electron chi connectivity index (χ0n) is 11.2. The lowest BCUT2D eigenvalue weighted by Crippen LogP contribution is -2.36. The van der Waals surface area contributed by atoms with Crippen molar-refractivity contribution in [3.63, 3.8) is 0 Å². The first-order valence-electron chi connectivity index (χ1n) is 6.51. The van der Waals surface area contributed by atoms with Gasteiger partial charge in [0.15, 0.2) is 5.65 Å². The Balaban J connectivity index is 1.83. The monoisotopic (exact) mass is 272 g/mol. The third-order valence-corrected chi connectivity index (χ3v) is 3.18. The Morgan fingerprint density at radius 3 is 3.00 bits per heavy atom. The predicted octanol–water partition coefficient (Wildman–Crippen LogP) is 0.322. The van der Waals surface area contributed by atoms with E-state index in [0.29, 0.717) is 23.3 Å². The minimum absolute atomic E-state index is 0.00478. The van der Waals surface area contributed by atoms with Crippen LogP contribution >= 0.6 is 0 Å². The number of hydrogen-bond donors (Lipinski definition) is 2. The van der Waals surface area contributed by atoms with Crippen molar-refractivity contribution in [3.05, 3.63) is 18.5 Å². The third kappa shape index (κ3) is 2.61. The van der Waals surface area contributed by atoms with Crippen LogP contribution in [0.2, 0.25) is 0 Å². The number of fused-ring (bicyclic) bond motifs is 1. The van der Waals surface area contributed by atoms with E-state index in [9.17, 15) is 4.79 Å². The summed E-state index contributed by atoms with van der Waals surface area (Å²) < 4.78 is 0. The fourth-order valence-electron chi connectivity index (χ4n) is 2.04. The van der Waals surface area contributed by atoms with Gasteiger partial charge in [0.05, 0.1) is 11.9 Å². The lowest BCUT2D eigenvalue weighted by atomic mass is 10.3. The molecule has 0 aliphatic heterocycles. The molecule has 1 fully saturated rings. The van der Waals surface area contributed by atoms with Crippen LogP contribution in [0.25, 0.3) is 11.0 Å². The van der Waals surface area contributed by atoms with Gasteiger partial charge in [-0.2, -0.15) is 0 Å². The number of likely N-dealkylation sites (N-methyl/N-ethyl adjacent to an activating group) is 1. The summed E-state index contributed by atoms with van der Waals surface area (Å²) in [5.41, 5.74) is 6.18. The van der Waals surface area contributed by atoms with Gasteiger partial charge in [-0.25, -0.2) is 15.0 Å². The van der Waals surface area contributed by atoms with Crippen molar-refractivity contribution in [3.8, 4) is 0 Å². The number of hydrogen-bond acceptors (Lipinski definition) is 6. The van der Waals surface area contributed by atoms with Crippen LogP contribution in [-0.2, 0) is 4.79 Å². The van der Waals surface area contributed by atoms with Gasteiger partial charge in [0.25, 0.3) is 0 Å². The summed E-state index contributed by atoms with van der Waals surface area (Å²) in [6.45, 7) is 0.257. The number of rotatable bonds is 4. The molecule has 104 valence electrons. The largest absolute Gasteiger partial charge is 0.384 e. The molecule has 0 atom stereocenters. The Morgan fingerprint density at radius 2 is 2.25 bits per heavy atom. The number of nitrogens with zero attached hydrogens (tertiary/aromatic N) is 4. The number of anilines is 2. The van der Waals surface area contributed by atoms with Gasteiger partial charge in [0, 0.05) is 13.1 Å². The minimum atomic E-state index is 0.00478. The zero-order chi connectivity index (χ0) is 14.1. The van der Waals surface area contributed by atoms with Gasteiger partial charge in [-0.05, 0) is 25.0 Å². The van der Waals surface area contributed by atoms with E-state index in [1.54, 1.807) is 11.0 Å². The molecule has 0 spiro atoms. The van der Waals surface area contributed by atoms with E-state index in [-0.39, 0.29) is 12.5 Å². The second-order valence-electron chi connectivity index (χ2n) is 5.00. The molecule has 0 bridgehead atoms. The van der Waals surface area contributed by atoms with E-state index in [0.717, 1.165) is 18.2 Å². The molecule has 0 aromatic carbocycles. The van der Waals surface area contributed by atoms with Crippen molar-refractivity contribution in [1.29, 1.82) is 0 Å². The van der Waals surface area contributed by atoms with Gasteiger partial charge in [-0.3, -0.25) is 4.79 Å². The lowest BCUT2D eigenvalue weighted by Gasteiger charge is -2.18. The van der Waals surface area contributed by atoms with E-state index in [1.807, 2.05) is 13.1 Å². The third-order valence-electron chi connectivity index (χ3n) is 3.18. The number of amides is 1. The smallest absolute Gasteiger partial charge is 0.239 e. The van der Waals surface area contributed by atoms with E-state index in [4.69, 9.17) is 5.73 Å². The zero-order valence-corrected chi connectivity index (χ0v) is 11.2. The number of aromatic nitrogens is 3. The van der Waals surface area contributed by atoms with Gasteiger partial charge in [-0.15, -0.1) is 0 Å². The number of carbonyl (C=O) groups is 1. The topological polar surface area (TPSA) is 97.0 Å². The second kappa shape index (κ2) is 4.92. The minimum Gasteiger partial charge on any atom is -0.384 e. The number of nitrogens with two attached hydrogens (primary N) is 1. The highest BCUT2D eigenvalue weighted by atomic mass is 16.2. The van der Waals surface area contributed by atoms with Crippen LogP contribution in [0.15, 0.2) is 18.5 Å². The summed E-state index contributed by atoms with van der Waals surface area (Å²) in [6, 6.07) is 3.88. The quantitative estimate of drug-likeness (QED) is 0.832. The molecule has 7 nitrogen and oxygen atoms in total. The van der Waals surface area contributed by atoms with Crippen molar-refractivity contribution in [1.82, 2.24) is 20.3 Å². The maximum Gasteiger partial charge on any atom is 0.239 e. The fourth-order valence-corrected chi connectivity index (χ4v) is 2.04. The molecule has 7 heteroatoms. The number of carbonyl (C=O) groups excluding carboxylic acids is 1. The Labute approximate surface area is 116 Å². The maximum atomic E-state index is 11.8. The molecule has 0 unspecified atom stereocenters. The van der Waals surface area contributed by atoms with Crippen LogP contribution in [0.4, 0.5) is 11.6 Å². The summed E-state index contributed by atoms with van der Waals surface area (Å²) >= 11 is 0. The Bertz CT molecular complexity index is 654. The molecule has 1 amide bonds. The van der Waals surface area contributed by atoms with Crippen molar-refractivity contribution in [2.45, 2.75) is 18.9 Å². The van der Waals surface area contributed by atoms with E-state index >= 15 is 0 Å². The Kier molecular flexibility index (Phi) is 3.09. The summed E-state index contributed by atoms with van der Waals surface area (Å²) in [5, 5.41) is 3.73. The molecule has 3 N–H and O–H groups in total. The van der Waals surface area contributed by atoms with E-state index in [2.05, 4.69) is 20.3 Å². The molecular formula is C13H16N6O. The van der Waals surface area contributed by atoms with Gasteiger partial charge in [0.2, 0.25) is 5.91 Å². The normalized spacial score (nSPS) is 14.2. The van der Waals surface area contributed by atoms with Crippen LogP contribution in [0, 0.1) is 0 Å². The molecule has 0 radical (unpaired) electrons. The van der Waals surface area contributed by atoms with Crippen molar-refractivity contribution >= 4 is 28.6 Å². The van der Waals surface area contributed by atoms with Gasteiger partial charge in [-0.1, -0.05) is 0 Å². The molecular weight excluding hydrogens is 256 g/mol. The molecule has 2 aromatic heterocycles. The molecule has 0 saturated heterocycles. The average molecular weight is 272 g/mol. The highest BCUT2D eigenvalue weighted by Crippen LogP contribution is 2.22. The average Bonchev–Trinajstić information content (AvgIpc) is 3.21. The summed E-state index contributed by atoms with van der Waals surface area (Å²) in [7, 11) is 1.82. The fraction of sp³-hybridized carbons (Fsp3) is 0.385. The second-order valence-corrected chi connectivity index (χ2v) is 5.00. The molecule has 1 aliphatic rings. The van der Waals surface area contributed by atoms with Crippen LogP contribution in [0.1, 0.15) is 12.8 Å². The first kappa shape index (κ1) is 12.6. The standard InChI is InChI=1S/C13H16N6O/c1-19(6-11(20)17-8-2-3-8)13-9-4-5-10(14)18-12(9)15-7-16-13/h4-5,7-8H,2-3,6H2,1H3,(H,17,20)(H2,14,15,16,18). The van der Waals surface area contributed by atoms with Gasteiger partial charge >= 0.3 is 0 Å². The van der Waals surface area contributed by atoms with Crippen LogP contribution in [0.3, 0.4) is 0 Å². The summed E-state index contributed by atoms with van der Waals surface area (Å²) in [5.74, 6) is 1.09. The van der Waals surface area contributed by atoms with Crippen molar-refractivity contribution in [2.24, 2.45) is 0 Å². The van der Waals surface area contributed by atoms with Crippen molar-refractivity contribution in [2.75, 3.05) is 24.2 Å². The SMILES string of the molecule is CN(CC(=O)NC1CC1)c1ncnc2nc(N)ccc12. The maximum absolute atomic E-state index is 11.8. The van der Waals surface area contributed by atoms with E-state index < -0.39 is 0 Å². The highest BCUT2D eigenvalue weighted by Gasteiger charge is 2.24. The first-order chi connectivity index (χ1) is 9.63. The first-order valence-corrected chi connectivity index (χ1v) is 6.51. The molecule has 2 aromatic rings. The van der Waals surface area contributed by atoms with Crippen LogP contribution in [-0.4, -0.2) is 40.5 Å². The Morgan fingerprint density at radius 1 is 1.45 bits per heavy atom. The number of nitrogens with one attached hydrogen (secondary N) is 1. The van der Waals surface area contributed by atoms with Crippen molar-refractivity contribution < 1.29 is 4.79 Å². The van der Waals surface area contributed by atoms with Gasteiger partial charge in [0.1, 0.15) is 18.0 Å². The number of nitrogen functional groups attached to an aromatic ring is 1. The van der Waals surface area contributed by atoms with Crippen LogP contribution in [0.5, 0.6) is 0 Å². The number of pyridine rings is 1. The molecule has 2 heterocycles. The van der Waals surface area contributed by atoms with E-state index in [1.165, 1.54) is 6.33 Å².